The molecule has 1 aliphatic rings. The molecule has 0 aliphatic heterocycles. The Morgan fingerprint density at radius 3 is 2.60 bits per heavy atom. The number of aromatic nitrogens is 2. The second-order valence-corrected chi connectivity index (χ2v) is 6.54. The third kappa shape index (κ3) is 2.91. The van der Waals surface area contributed by atoms with Gasteiger partial charge < -0.3 is 10.8 Å². The van der Waals surface area contributed by atoms with Gasteiger partial charge in [0.2, 0.25) is 0 Å². The lowest BCUT2D eigenvalue weighted by atomic mass is 9.65. The van der Waals surface area contributed by atoms with E-state index < -0.39 is 6.10 Å². The molecule has 0 radical (unpaired) electrons. The summed E-state index contributed by atoms with van der Waals surface area (Å²) in [6.45, 7) is 4.77. The Balaban J connectivity index is 2.14. The van der Waals surface area contributed by atoms with Crippen molar-refractivity contribution in [1.29, 1.82) is 0 Å². The molecule has 0 aromatic carbocycles. The highest BCUT2D eigenvalue weighted by atomic mass is 16.3. The first-order chi connectivity index (χ1) is 9.52. The number of nitrogens with two attached hydrogens (primary N) is 1. The zero-order valence-electron chi connectivity index (χ0n) is 13.1. The van der Waals surface area contributed by atoms with Crippen molar-refractivity contribution < 1.29 is 5.11 Å². The number of aliphatic hydroxyl groups excluding tert-OH is 1. The predicted molar refractivity (Wildman–Crippen MR) is 81.3 cm³/mol. The first kappa shape index (κ1) is 15.5. The van der Waals surface area contributed by atoms with Crippen LogP contribution < -0.4 is 5.73 Å². The Bertz CT molecular complexity index is 433. The molecule has 114 valence electrons. The van der Waals surface area contributed by atoms with E-state index in [0.717, 1.165) is 30.0 Å². The zero-order chi connectivity index (χ0) is 14.8. The summed E-state index contributed by atoms with van der Waals surface area (Å²) >= 11 is 0. The van der Waals surface area contributed by atoms with Crippen molar-refractivity contribution in [2.75, 3.05) is 6.54 Å². The fourth-order valence-electron chi connectivity index (χ4n) is 3.75. The van der Waals surface area contributed by atoms with E-state index >= 15 is 0 Å². The van der Waals surface area contributed by atoms with Crippen LogP contribution in [0, 0.1) is 18.3 Å². The SMILES string of the molecule is CCCC1CCC(CN)(C(O)c2cn(C)nc2C)CC1. The molecule has 0 amide bonds. The minimum atomic E-state index is -0.483. The summed E-state index contributed by atoms with van der Waals surface area (Å²) in [5.41, 5.74) is 7.78. The Kier molecular flexibility index (Phi) is 4.86. The third-order valence-corrected chi connectivity index (χ3v) is 5.13. The summed E-state index contributed by atoms with van der Waals surface area (Å²) in [4.78, 5) is 0. The Morgan fingerprint density at radius 2 is 2.15 bits per heavy atom. The molecule has 1 heterocycles. The van der Waals surface area contributed by atoms with Gasteiger partial charge in [-0.2, -0.15) is 5.10 Å². The van der Waals surface area contributed by atoms with Gasteiger partial charge in [-0.3, -0.25) is 4.68 Å². The lowest BCUT2D eigenvalue weighted by molar-refractivity contribution is -0.0112. The standard InChI is InChI=1S/C16H29N3O/c1-4-5-13-6-8-16(11-17,9-7-13)15(20)14-10-19(3)18-12(14)2/h10,13,15,20H,4-9,11,17H2,1-3H3. The largest absolute Gasteiger partial charge is 0.388 e. The molecule has 0 spiro atoms. The van der Waals surface area contributed by atoms with Gasteiger partial charge in [-0.05, 0) is 38.5 Å². The normalized spacial score (nSPS) is 28.6. The molecule has 1 aromatic heterocycles. The van der Waals surface area contributed by atoms with Crippen LogP contribution in [-0.4, -0.2) is 21.4 Å². The molecule has 4 nitrogen and oxygen atoms in total. The molecule has 1 aliphatic carbocycles. The van der Waals surface area contributed by atoms with Gasteiger partial charge in [-0.15, -0.1) is 0 Å². The third-order valence-electron chi connectivity index (χ3n) is 5.13. The maximum atomic E-state index is 10.9. The van der Waals surface area contributed by atoms with E-state index in [4.69, 9.17) is 5.73 Å². The van der Waals surface area contributed by atoms with Crippen molar-refractivity contribution in [3.63, 3.8) is 0 Å². The highest BCUT2D eigenvalue weighted by molar-refractivity contribution is 5.21. The Labute approximate surface area is 122 Å². The molecule has 0 bridgehead atoms. The van der Waals surface area contributed by atoms with Crippen molar-refractivity contribution in [3.05, 3.63) is 17.5 Å². The van der Waals surface area contributed by atoms with Crippen molar-refractivity contribution in [2.45, 2.75) is 58.5 Å². The van der Waals surface area contributed by atoms with Gasteiger partial charge in [0.1, 0.15) is 0 Å². The number of nitrogens with zero attached hydrogens (tertiary/aromatic N) is 2. The van der Waals surface area contributed by atoms with Gasteiger partial charge in [0.05, 0.1) is 11.8 Å². The molecule has 1 aromatic rings. The molecular weight excluding hydrogens is 250 g/mol. The zero-order valence-corrected chi connectivity index (χ0v) is 13.1. The highest BCUT2D eigenvalue weighted by Crippen LogP contribution is 2.48. The number of aliphatic hydroxyl groups is 1. The highest BCUT2D eigenvalue weighted by Gasteiger charge is 2.41. The Morgan fingerprint density at radius 1 is 1.50 bits per heavy atom. The number of hydrogen-bond acceptors (Lipinski definition) is 3. The molecule has 1 atom stereocenters. The Hall–Kier alpha value is -0.870. The molecule has 0 saturated heterocycles. The van der Waals surface area contributed by atoms with E-state index in [0.29, 0.717) is 6.54 Å². The summed E-state index contributed by atoms with van der Waals surface area (Å²) in [6, 6.07) is 0. The van der Waals surface area contributed by atoms with Gasteiger partial charge in [0, 0.05) is 30.8 Å². The van der Waals surface area contributed by atoms with Crippen LogP contribution in [-0.2, 0) is 7.05 Å². The van der Waals surface area contributed by atoms with Crippen LogP contribution in [0.4, 0.5) is 0 Å². The molecule has 1 saturated carbocycles. The van der Waals surface area contributed by atoms with Crippen molar-refractivity contribution in [3.8, 4) is 0 Å². The summed E-state index contributed by atoms with van der Waals surface area (Å²) in [5, 5.41) is 15.2. The number of rotatable bonds is 5. The first-order valence-corrected chi connectivity index (χ1v) is 7.90. The predicted octanol–water partition coefficient (Wildman–Crippen LogP) is 2.70. The minimum absolute atomic E-state index is 0.155. The van der Waals surface area contributed by atoms with E-state index in [9.17, 15) is 5.11 Å². The van der Waals surface area contributed by atoms with Crippen LogP contribution in [0.5, 0.6) is 0 Å². The van der Waals surface area contributed by atoms with Gasteiger partial charge >= 0.3 is 0 Å². The lowest BCUT2D eigenvalue weighted by Gasteiger charge is -2.42. The second kappa shape index (κ2) is 6.27. The molecule has 1 fully saturated rings. The average molecular weight is 279 g/mol. The molecule has 1 unspecified atom stereocenters. The van der Waals surface area contributed by atoms with E-state index in [1.54, 1.807) is 4.68 Å². The van der Waals surface area contributed by atoms with Gasteiger partial charge in [-0.1, -0.05) is 19.8 Å². The van der Waals surface area contributed by atoms with Crippen LogP contribution >= 0.6 is 0 Å². The van der Waals surface area contributed by atoms with E-state index in [1.165, 1.54) is 25.7 Å². The average Bonchev–Trinajstić information content (AvgIpc) is 2.78. The van der Waals surface area contributed by atoms with Gasteiger partial charge in [0.25, 0.3) is 0 Å². The maximum absolute atomic E-state index is 10.9. The maximum Gasteiger partial charge on any atom is 0.0891 e. The fourth-order valence-corrected chi connectivity index (χ4v) is 3.75. The molecule has 2 rings (SSSR count). The molecule has 4 heteroatoms. The minimum Gasteiger partial charge on any atom is -0.388 e. The summed E-state index contributed by atoms with van der Waals surface area (Å²) in [6.07, 6.45) is 8.47. The van der Waals surface area contributed by atoms with E-state index in [-0.39, 0.29) is 5.41 Å². The van der Waals surface area contributed by atoms with Crippen LogP contribution in [0.15, 0.2) is 6.20 Å². The smallest absolute Gasteiger partial charge is 0.0891 e. The van der Waals surface area contributed by atoms with Crippen molar-refractivity contribution in [2.24, 2.45) is 24.1 Å². The van der Waals surface area contributed by atoms with Crippen LogP contribution in [0.3, 0.4) is 0 Å². The van der Waals surface area contributed by atoms with Crippen LogP contribution in [0.25, 0.3) is 0 Å². The fraction of sp³-hybridized carbons (Fsp3) is 0.812. The molecule has 20 heavy (non-hydrogen) atoms. The lowest BCUT2D eigenvalue weighted by Crippen LogP contribution is -2.40. The summed E-state index contributed by atoms with van der Waals surface area (Å²) < 4.78 is 1.78. The summed E-state index contributed by atoms with van der Waals surface area (Å²) in [7, 11) is 1.90. The first-order valence-electron chi connectivity index (χ1n) is 7.90. The van der Waals surface area contributed by atoms with Crippen molar-refractivity contribution in [1.82, 2.24) is 9.78 Å². The monoisotopic (exact) mass is 279 g/mol. The van der Waals surface area contributed by atoms with E-state index in [2.05, 4.69) is 12.0 Å². The van der Waals surface area contributed by atoms with E-state index in [1.807, 2.05) is 20.2 Å². The van der Waals surface area contributed by atoms with Gasteiger partial charge in [0.15, 0.2) is 0 Å². The number of hydrogen-bond donors (Lipinski definition) is 2. The molecular formula is C16H29N3O. The topological polar surface area (TPSA) is 64.1 Å². The van der Waals surface area contributed by atoms with Crippen LogP contribution in [0.1, 0.15) is 62.8 Å². The van der Waals surface area contributed by atoms with Crippen molar-refractivity contribution >= 4 is 0 Å². The van der Waals surface area contributed by atoms with Crippen LogP contribution in [0.2, 0.25) is 0 Å². The summed E-state index contributed by atoms with van der Waals surface area (Å²) in [5.74, 6) is 0.821. The molecule has 3 N–H and O–H groups in total. The second-order valence-electron chi connectivity index (χ2n) is 6.54. The number of aryl methyl sites for hydroxylation is 2. The van der Waals surface area contributed by atoms with Gasteiger partial charge in [-0.25, -0.2) is 0 Å². The quantitative estimate of drug-likeness (QED) is 0.871.